The van der Waals surface area contributed by atoms with E-state index in [1.165, 1.54) is 12.1 Å². The third kappa shape index (κ3) is 8.74. The van der Waals surface area contributed by atoms with E-state index in [1.54, 1.807) is 32.9 Å². The molecule has 1 aromatic rings. The Labute approximate surface area is 148 Å². The van der Waals surface area contributed by atoms with Crippen LogP contribution in [0.3, 0.4) is 0 Å². The lowest BCUT2D eigenvalue weighted by molar-refractivity contribution is -0.125. The van der Waals surface area contributed by atoms with Crippen molar-refractivity contribution in [2.24, 2.45) is 0 Å². The lowest BCUT2D eigenvalue weighted by atomic mass is 10.1. The van der Waals surface area contributed by atoms with Crippen molar-refractivity contribution in [2.75, 3.05) is 11.9 Å². The Balaban J connectivity index is 2.63. The maximum atomic E-state index is 12.0. The van der Waals surface area contributed by atoms with Crippen molar-refractivity contribution >= 4 is 23.7 Å². The first-order valence-electron chi connectivity index (χ1n) is 7.94. The minimum atomic E-state index is -0.656. The molecule has 2 N–H and O–H groups in total. The van der Waals surface area contributed by atoms with Crippen LogP contribution in [0.1, 0.15) is 51.9 Å². The number of nitrogens with one attached hydrogen (secondary N) is 2. The van der Waals surface area contributed by atoms with E-state index in [4.69, 9.17) is 9.47 Å². The molecule has 0 bridgehead atoms. The first-order valence-corrected chi connectivity index (χ1v) is 7.94. The number of hydrogen-bond donors (Lipinski definition) is 2. The van der Waals surface area contributed by atoms with Crippen molar-refractivity contribution in [1.29, 1.82) is 0 Å². The zero-order valence-corrected chi connectivity index (χ0v) is 15.6. The molecule has 1 rings (SSSR count). The molecular weight excluding hydrogens is 324 g/mol. The molecule has 0 aromatic heterocycles. The predicted octanol–water partition coefficient (Wildman–Crippen LogP) is 3.11. The van der Waals surface area contributed by atoms with Crippen LogP contribution in [0.4, 0.5) is 10.5 Å². The molecule has 0 fully saturated rings. The van der Waals surface area contributed by atoms with E-state index in [0.717, 1.165) is 0 Å². The number of carbonyl (C=O) groups is 3. The van der Waals surface area contributed by atoms with E-state index in [1.807, 2.05) is 20.8 Å². The fraction of sp³-hybridized carbons (Fsp3) is 0.500. The molecule has 0 spiro atoms. The number of rotatable bonds is 4. The summed E-state index contributed by atoms with van der Waals surface area (Å²) < 4.78 is 10.1. The largest absolute Gasteiger partial charge is 0.452 e. The topological polar surface area (TPSA) is 93.7 Å². The average Bonchev–Trinajstić information content (AvgIpc) is 2.41. The average molecular weight is 350 g/mol. The van der Waals surface area contributed by atoms with Crippen molar-refractivity contribution in [2.45, 2.75) is 52.7 Å². The molecule has 0 radical (unpaired) electrons. The number of esters is 1. The van der Waals surface area contributed by atoms with Crippen molar-refractivity contribution in [3.63, 3.8) is 0 Å². The first-order chi connectivity index (χ1) is 11.4. The van der Waals surface area contributed by atoms with Crippen molar-refractivity contribution in [1.82, 2.24) is 5.32 Å². The van der Waals surface area contributed by atoms with Gasteiger partial charge in [-0.3, -0.25) is 10.1 Å². The monoisotopic (exact) mass is 350 g/mol. The Hall–Kier alpha value is -2.57. The molecule has 0 saturated heterocycles. The number of carbonyl (C=O) groups excluding carboxylic acids is 3. The number of ether oxygens (including phenoxy) is 2. The van der Waals surface area contributed by atoms with Gasteiger partial charge in [-0.25, -0.2) is 9.59 Å². The molecule has 1 aromatic carbocycles. The number of hydrogen-bond acceptors (Lipinski definition) is 5. The maximum absolute atomic E-state index is 12.0. The van der Waals surface area contributed by atoms with Crippen LogP contribution in [0, 0.1) is 0 Å². The second-order valence-electron chi connectivity index (χ2n) is 7.58. The molecule has 0 aliphatic carbocycles. The first kappa shape index (κ1) is 20.5. The summed E-state index contributed by atoms with van der Waals surface area (Å²) in [4.78, 5) is 35.5. The molecule has 25 heavy (non-hydrogen) atoms. The summed E-state index contributed by atoms with van der Waals surface area (Å²) in [6, 6.07) is 6.20. The Morgan fingerprint density at radius 2 is 1.68 bits per heavy atom. The van der Waals surface area contributed by atoms with E-state index < -0.39 is 23.2 Å². The summed E-state index contributed by atoms with van der Waals surface area (Å²) in [5.41, 5.74) is -0.415. The van der Waals surface area contributed by atoms with Crippen LogP contribution < -0.4 is 10.6 Å². The molecule has 0 heterocycles. The third-order valence-corrected chi connectivity index (χ3v) is 2.59. The SMILES string of the molecule is CC(C)(C)NC(=O)COC(=O)c1cccc(NC(=O)OC(C)(C)C)c1. The molecule has 0 unspecified atom stereocenters. The lowest BCUT2D eigenvalue weighted by Crippen LogP contribution is -2.42. The molecule has 0 saturated carbocycles. The Bertz CT molecular complexity index is 642. The Kier molecular flexibility index (Phi) is 6.55. The molecule has 0 aliphatic heterocycles. The molecular formula is C18H26N2O5. The van der Waals surface area contributed by atoms with Crippen LogP contribution in [0.5, 0.6) is 0 Å². The van der Waals surface area contributed by atoms with Crippen LogP contribution in [-0.4, -0.2) is 35.7 Å². The summed E-state index contributed by atoms with van der Waals surface area (Å²) in [5, 5.41) is 5.24. The second kappa shape index (κ2) is 8.00. The van der Waals surface area contributed by atoms with Gasteiger partial charge in [-0.05, 0) is 59.7 Å². The van der Waals surface area contributed by atoms with Crippen molar-refractivity contribution < 1.29 is 23.9 Å². The van der Waals surface area contributed by atoms with Gasteiger partial charge < -0.3 is 14.8 Å². The fourth-order valence-corrected chi connectivity index (χ4v) is 1.81. The summed E-state index contributed by atoms with van der Waals surface area (Å²) in [6.07, 6.45) is -0.623. The highest BCUT2D eigenvalue weighted by Gasteiger charge is 2.18. The van der Waals surface area contributed by atoms with Gasteiger partial charge in [0, 0.05) is 11.2 Å². The summed E-state index contributed by atoms with van der Waals surface area (Å²) >= 11 is 0. The molecule has 7 nitrogen and oxygen atoms in total. The van der Waals surface area contributed by atoms with Gasteiger partial charge in [0.25, 0.3) is 5.91 Å². The fourth-order valence-electron chi connectivity index (χ4n) is 1.81. The van der Waals surface area contributed by atoms with Crippen LogP contribution in [-0.2, 0) is 14.3 Å². The minimum absolute atomic E-state index is 0.220. The molecule has 0 atom stereocenters. The van der Waals surface area contributed by atoms with Gasteiger partial charge in [0.15, 0.2) is 6.61 Å². The van der Waals surface area contributed by atoms with Crippen LogP contribution in [0.2, 0.25) is 0 Å². The zero-order valence-electron chi connectivity index (χ0n) is 15.6. The van der Waals surface area contributed by atoms with E-state index in [9.17, 15) is 14.4 Å². The summed E-state index contributed by atoms with van der Waals surface area (Å²) in [5.74, 6) is -1.04. The Morgan fingerprint density at radius 1 is 1.04 bits per heavy atom. The molecule has 7 heteroatoms. The normalized spacial score (nSPS) is 11.4. The lowest BCUT2D eigenvalue weighted by Gasteiger charge is -2.20. The van der Waals surface area contributed by atoms with Crippen LogP contribution in [0.25, 0.3) is 0 Å². The van der Waals surface area contributed by atoms with Gasteiger partial charge in [0.05, 0.1) is 5.56 Å². The van der Waals surface area contributed by atoms with Gasteiger partial charge >= 0.3 is 12.1 Å². The standard InChI is InChI=1S/C18H26N2O5/c1-17(2,3)20-14(21)11-24-15(22)12-8-7-9-13(10-12)19-16(23)25-18(4,5)6/h7-10H,11H2,1-6H3,(H,19,23)(H,20,21). The maximum Gasteiger partial charge on any atom is 0.412 e. The highest BCUT2D eigenvalue weighted by Crippen LogP contribution is 2.14. The zero-order chi connectivity index (χ0) is 19.3. The molecule has 0 aliphatic rings. The quantitative estimate of drug-likeness (QED) is 0.814. The van der Waals surface area contributed by atoms with Gasteiger partial charge in [-0.1, -0.05) is 6.07 Å². The van der Waals surface area contributed by atoms with Gasteiger partial charge in [-0.2, -0.15) is 0 Å². The number of amides is 2. The van der Waals surface area contributed by atoms with Crippen LogP contribution >= 0.6 is 0 Å². The van der Waals surface area contributed by atoms with Crippen molar-refractivity contribution in [3.05, 3.63) is 29.8 Å². The van der Waals surface area contributed by atoms with Crippen molar-refractivity contribution in [3.8, 4) is 0 Å². The predicted molar refractivity (Wildman–Crippen MR) is 94.5 cm³/mol. The van der Waals surface area contributed by atoms with E-state index >= 15 is 0 Å². The molecule has 138 valence electrons. The van der Waals surface area contributed by atoms with Gasteiger partial charge in [-0.15, -0.1) is 0 Å². The van der Waals surface area contributed by atoms with Gasteiger partial charge in [0.1, 0.15) is 5.60 Å². The summed E-state index contributed by atoms with van der Waals surface area (Å²) in [6.45, 7) is 10.4. The number of benzene rings is 1. The smallest absolute Gasteiger partial charge is 0.412 e. The van der Waals surface area contributed by atoms with E-state index in [2.05, 4.69) is 10.6 Å². The highest BCUT2D eigenvalue weighted by atomic mass is 16.6. The van der Waals surface area contributed by atoms with E-state index in [-0.39, 0.29) is 18.1 Å². The van der Waals surface area contributed by atoms with E-state index in [0.29, 0.717) is 5.69 Å². The van der Waals surface area contributed by atoms with Gasteiger partial charge in [0.2, 0.25) is 0 Å². The summed E-state index contributed by atoms with van der Waals surface area (Å²) in [7, 11) is 0. The minimum Gasteiger partial charge on any atom is -0.452 e. The highest BCUT2D eigenvalue weighted by molar-refractivity contribution is 5.93. The Morgan fingerprint density at radius 3 is 2.24 bits per heavy atom. The second-order valence-corrected chi connectivity index (χ2v) is 7.58. The third-order valence-electron chi connectivity index (χ3n) is 2.59. The molecule has 2 amide bonds. The number of anilines is 1. The van der Waals surface area contributed by atoms with Crippen LogP contribution in [0.15, 0.2) is 24.3 Å².